The van der Waals surface area contributed by atoms with Crippen molar-refractivity contribution in [3.8, 4) is 11.5 Å². The molecule has 0 bridgehead atoms. The molecule has 3 rings (SSSR count). The first-order chi connectivity index (χ1) is 12.6. The highest BCUT2D eigenvalue weighted by atomic mass is 16.5. The number of hydrazine groups is 1. The fraction of sp³-hybridized carbons (Fsp3) is 0.350. The largest absolute Gasteiger partial charge is 0.495 e. The first kappa shape index (κ1) is 18.2. The Kier molecular flexibility index (Phi) is 5.75. The van der Waals surface area contributed by atoms with Crippen molar-refractivity contribution < 1.29 is 14.3 Å². The summed E-state index contributed by atoms with van der Waals surface area (Å²) in [5, 5.41) is 2.96. The summed E-state index contributed by atoms with van der Waals surface area (Å²) < 4.78 is 10.8. The topological polar surface area (TPSA) is 71.6 Å². The van der Waals surface area contributed by atoms with Crippen LogP contribution in [0, 0.1) is 6.92 Å². The Morgan fingerprint density at radius 3 is 2.65 bits per heavy atom. The number of carbonyl (C=O) groups excluding carboxylic acids is 1. The van der Waals surface area contributed by atoms with Gasteiger partial charge >= 0.3 is 0 Å². The summed E-state index contributed by atoms with van der Waals surface area (Å²) in [7, 11) is 1.59. The molecule has 2 aromatic carbocycles. The van der Waals surface area contributed by atoms with Crippen molar-refractivity contribution >= 4 is 11.6 Å². The molecule has 0 aliphatic carbocycles. The molecule has 6 heteroatoms. The van der Waals surface area contributed by atoms with Crippen LogP contribution in [0.25, 0.3) is 0 Å². The first-order valence-corrected chi connectivity index (χ1v) is 8.80. The Labute approximate surface area is 153 Å². The molecule has 0 radical (unpaired) electrons. The first-order valence-electron chi connectivity index (χ1n) is 8.80. The molecule has 1 aliphatic rings. The molecule has 0 spiro atoms. The number of benzene rings is 2. The molecule has 1 fully saturated rings. The Balaban J connectivity index is 1.63. The van der Waals surface area contributed by atoms with Gasteiger partial charge < -0.3 is 14.8 Å². The van der Waals surface area contributed by atoms with Gasteiger partial charge in [-0.05, 0) is 55.7 Å². The molecule has 3 N–H and O–H groups in total. The van der Waals surface area contributed by atoms with Gasteiger partial charge in [-0.25, -0.2) is 10.9 Å². The Morgan fingerprint density at radius 2 is 1.96 bits per heavy atom. The van der Waals surface area contributed by atoms with Crippen molar-refractivity contribution in [1.82, 2.24) is 10.9 Å². The molecular formula is C20H25N3O3. The van der Waals surface area contributed by atoms with E-state index in [1.807, 2.05) is 56.3 Å². The van der Waals surface area contributed by atoms with E-state index in [2.05, 4.69) is 16.2 Å². The zero-order valence-electron chi connectivity index (χ0n) is 15.3. The summed E-state index contributed by atoms with van der Waals surface area (Å²) in [5.74, 6) is 1.41. The predicted molar refractivity (Wildman–Crippen MR) is 101 cm³/mol. The lowest BCUT2D eigenvalue weighted by molar-refractivity contribution is -0.117. The van der Waals surface area contributed by atoms with Gasteiger partial charge in [0, 0.05) is 6.04 Å². The van der Waals surface area contributed by atoms with E-state index in [4.69, 9.17) is 9.47 Å². The van der Waals surface area contributed by atoms with Gasteiger partial charge in [0.05, 0.1) is 19.4 Å². The third-order valence-electron chi connectivity index (χ3n) is 4.43. The second-order valence-corrected chi connectivity index (χ2v) is 6.32. The molecule has 6 nitrogen and oxygen atoms in total. The lowest BCUT2D eigenvalue weighted by Gasteiger charge is -2.14. The van der Waals surface area contributed by atoms with E-state index in [0.29, 0.717) is 24.5 Å². The molecule has 0 saturated carbocycles. The van der Waals surface area contributed by atoms with Gasteiger partial charge in [0.1, 0.15) is 17.5 Å². The van der Waals surface area contributed by atoms with Crippen LogP contribution in [-0.4, -0.2) is 25.7 Å². The van der Waals surface area contributed by atoms with Gasteiger partial charge in [0.2, 0.25) is 5.91 Å². The summed E-state index contributed by atoms with van der Waals surface area (Å²) in [4.78, 5) is 12.6. The van der Waals surface area contributed by atoms with E-state index < -0.39 is 0 Å². The molecule has 1 heterocycles. The summed E-state index contributed by atoms with van der Waals surface area (Å²) in [6.45, 7) is 4.59. The standard InChI is InChI=1S/C20H25N3O3/c1-4-26-15-8-6-14(7-9-15)16-12-18(23-22-16)20(24)21-17-11-13(2)5-10-19(17)25-3/h5-11,16,18,22-23H,4,12H2,1-3H3,(H,21,24). The highest BCUT2D eigenvalue weighted by Crippen LogP contribution is 2.28. The van der Waals surface area contributed by atoms with Crippen LogP contribution in [0.2, 0.25) is 0 Å². The maximum absolute atomic E-state index is 12.6. The Bertz CT molecular complexity index is 761. The van der Waals surface area contributed by atoms with Gasteiger partial charge in [-0.15, -0.1) is 0 Å². The van der Waals surface area contributed by atoms with Crippen LogP contribution in [0.3, 0.4) is 0 Å². The number of nitrogens with one attached hydrogen (secondary N) is 3. The highest BCUT2D eigenvalue weighted by Gasteiger charge is 2.30. The number of hydrogen-bond donors (Lipinski definition) is 3. The average Bonchev–Trinajstić information content (AvgIpc) is 3.13. The van der Waals surface area contributed by atoms with E-state index in [9.17, 15) is 4.79 Å². The van der Waals surface area contributed by atoms with Crippen molar-refractivity contribution in [2.45, 2.75) is 32.4 Å². The van der Waals surface area contributed by atoms with Crippen LogP contribution in [0.15, 0.2) is 42.5 Å². The number of aryl methyl sites for hydroxylation is 1. The molecule has 1 aliphatic heterocycles. The maximum atomic E-state index is 12.6. The van der Waals surface area contributed by atoms with Crippen LogP contribution in [0.4, 0.5) is 5.69 Å². The van der Waals surface area contributed by atoms with Gasteiger partial charge in [-0.3, -0.25) is 4.79 Å². The monoisotopic (exact) mass is 355 g/mol. The van der Waals surface area contributed by atoms with Gasteiger partial charge in [0.15, 0.2) is 0 Å². The van der Waals surface area contributed by atoms with E-state index in [1.165, 1.54) is 0 Å². The van der Waals surface area contributed by atoms with Gasteiger partial charge in [0.25, 0.3) is 0 Å². The molecule has 2 aromatic rings. The summed E-state index contributed by atoms with van der Waals surface area (Å²) in [6, 6.07) is 13.4. The van der Waals surface area contributed by atoms with Crippen molar-refractivity contribution in [3.05, 3.63) is 53.6 Å². The minimum absolute atomic E-state index is 0.0702. The van der Waals surface area contributed by atoms with Gasteiger partial charge in [-0.1, -0.05) is 18.2 Å². The fourth-order valence-corrected chi connectivity index (χ4v) is 3.05. The summed E-state index contributed by atoms with van der Waals surface area (Å²) in [5.41, 5.74) is 9.14. The average molecular weight is 355 g/mol. The van der Waals surface area contributed by atoms with Gasteiger partial charge in [-0.2, -0.15) is 0 Å². The lowest BCUT2D eigenvalue weighted by atomic mass is 10.0. The number of anilines is 1. The smallest absolute Gasteiger partial charge is 0.243 e. The van der Waals surface area contributed by atoms with Crippen LogP contribution in [0.5, 0.6) is 11.5 Å². The quantitative estimate of drug-likeness (QED) is 0.743. The minimum Gasteiger partial charge on any atom is -0.495 e. The summed E-state index contributed by atoms with van der Waals surface area (Å²) in [6.07, 6.45) is 0.661. The fourth-order valence-electron chi connectivity index (χ4n) is 3.05. The minimum atomic E-state index is -0.322. The molecule has 0 aromatic heterocycles. The Morgan fingerprint density at radius 1 is 1.19 bits per heavy atom. The second kappa shape index (κ2) is 8.21. The van der Waals surface area contributed by atoms with E-state index in [0.717, 1.165) is 16.9 Å². The second-order valence-electron chi connectivity index (χ2n) is 6.32. The van der Waals surface area contributed by atoms with E-state index in [-0.39, 0.29) is 18.0 Å². The predicted octanol–water partition coefficient (Wildman–Crippen LogP) is 2.95. The SMILES string of the molecule is CCOc1ccc(C2CC(C(=O)Nc3cc(C)ccc3OC)NN2)cc1. The molecule has 1 amide bonds. The Hall–Kier alpha value is -2.57. The zero-order valence-corrected chi connectivity index (χ0v) is 15.3. The summed E-state index contributed by atoms with van der Waals surface area (Å²) >= 11 is 0. The number of carbonyl (C=O) groups is 1. The number of amides is 1. The molecule has 2 atom stereocenters. The molecule has 2 unspecified atom stereocenters. The van der Waals surface area contributed by atoms with Crippen molar-refractivity contribution in [2.75, 3.05) is 19.0 Å². The number of ether oxygens (including phenoxy) is 2. The van der Waals surface area contributed by atoms with Crippen molar-refractivity contribution in [3.63, 3.8) is 0 Å². The van der Waals surface area contributed by atoms with Crippen molar-refractivity contribution in [1.29, 1.82) is 0 Å². The molecule has 1 saturated heterocycles. The van der Waals surface area contributed by atoms with Crippen LogP contribution < -0.4 is 25.6 Å². The lowest BCUT2D eigenvalue weighted by Crippen LogP contribution is -2.39. The molecule has 26 heavy (non-hydrogen) atoms. The molecule has 138 valence electrons. The van der Waals surface area contributed by atoms with Crippen LogP contribution >= 0.6 is 0 Å². The normalized spacial score (nSPS) is 19.2. The van der Waals surface area contributed by atoms with Crippen LogP contribution in [-0.2, 0) is 4.79 Å². The number of methoxy groups -OCH3 is 1. The maximum Gasteiger partial charge on any atom is 0.243 e. The third kappa shape index (κ3) is 4.15. The highest BCUT2D eigenvalue weighted by molar-refractivity contribution is 5.96. The van der Waals surface area contributed by atoms with Crippen molar-refractivity contribution in [2.24, 2.45) is 0 Å². The number of hydrogen-bond acceptors (Lipinski definition) is 5. The zero-order chi connectivity index (χ0) is 18.5. The number of rotatable bonds is 6. The molecular weight excluding hydrogens is 330 g/mol. The van der Waals surface area contributed by atoms with E-state index in [1.54, 1.807) is 7.11 Å². The van der Waals surface area contributed by atoms with E-state index >= 15 is 0 Å². The third-order valence-corrected chi connectivity index (χ3v) is 4.43. The van der Waals surface area contributed by atoms with Crippen LogP contribution in [0.1, 0.15) is 30.5 Å².